The van der Waals surface area contributed by atoms with E-state index in [1.54, 1.807) is 24.3 Å². The monoisotopic (exact) mass is 462 g/mol. The van der Waals surface area contributed by atoms with Crippen molar-refractivity contribution in [3.63, 3.8) is 0 Å². The zero-order valence-electron chi connectivity index (χ0n) is 19.0. The number of β-amino-alcohol motifs (C(OH)–C–C–N with tert-alkyl or cyclic N) is 1. The summed E-state index contributed by atoms with van der Waals surface area (Å²) in [6.45, 7) is 3.12. The van der Waals surface area contributed by atoms with Crippen LogP contribution in [-0.4, -0.2) is 76.7 Å². The van der Waals surface area contributed by atoms with Crippen LogP contribution < -0.4 is 4.74 Å². The first-order chi connectivity index (χ1) is 16.5. The zero-order valence-corrected chi connectivity index (χ0v) is 19.0. The van der Waals surface area contributed by atoms with Crippen molar-refractivity contribution in [2.75, 3.05) is 39.8 Å². The lowest BCUT2D eigenvalue weighted by Crippen LogP contribution is -2.55. The van der Waals surface area contributed by atoms with Crippen LogP contribution in [0.4, 0.5) is 4.39 Å². The van der Waals surface area contributed by atoms with E-state index in [2.05, 4.69) is 27.0 Å². The van der Waals surface area contributed by atoms with E-state index in [0.717, 1.165) is 41.8 Å². The highest BCUT2D eigenvalue weighted by Gasteiger charge is 2.38. The summed E-state index contributed by atoms with van der Waals surface area (Å²) in [5.41, 5.74) is 4.65. The molecule has 8 heteroatoms. The fraction of sp³-hybridized carbons (Fsp3) is 0.385. The number of pyridine rings is 1. The second kappa shape index (κ2) is 8.21. The van der Waals surface area contributed by atoms with Gasteiger partial charge in [0.1, 0.15) is 17.2 Å². The quantitative estimate of drug-likeness (QED) is 0.610. The number of allylic oxidation sites excluding steroid dienone is 1. The number of likely N-dealkylation sites (tertiary alicyclic amines) is 2. The maximum absolute atomic E-state index is 14.0. The van der Waals surface area contributed by atoms with Gasteiger partial charge in [-0.15, -0.1) is 0 Å². The Morgan fingerprint density at radius 1 is 1.21 bits per heavy atom. The standard InChI is InChI=1S/C26H27FN4O3/c1-34-24-3-2-18(27)8-21(24)20-4-5-28-26-22(20)9-23(29-26)15-6-16-10-30(11-17(16)7-15)14-25(33)31-12-19(32)13-31/h2-6,8-9,16-17,19,32H,7,10-14H2,1H3,(H,28,29). The number of ether oxygens (including phenoxy) is 1. The Balaban J connectivity index is 1.22. The number of carbonyl (C=O) groups excluding carboxylic acids is 1. The largest absolute Gasteiger partial charge is 0.496 e. The van der Waals surface area contributed by atoms with E-state index in [1.807, 2.05) is 6.07 Å². The number of methoxy groups -OCH3 is 1. The second-order valence-electron chi connectivity index (χ2n) is 9.62. The number of hydrogen-bond acceptors (Lipinski definition) is 5. The molecule has 2 aliphatic heterocycles. The second-order valence-corrected chi connectivity index (χ2v) is 9.62. The van der Waals surface area contributed by atoms with E-state index in [4.69, 9.17) is 4.74 Å². The third-order valence-corrected chi connectivity index (χ3v) is 7.37. The van der Waals surface area contributed by atoms with Crippen molar-refractivity contribution in [3.05, 3.63) is 54.1 Å². The number of amides is 1. The molecule has 2 aromatic heterocycles. The number of carbonyl (C=O) groups is 1. The molecule has 2 atom stereocenters. The van der Waals surface area contributed by atoms with Gasteiger partial charge in [-0.2, -0.15) is 0 Å². The van der Waals surface area contributed by atoms with Crippen LogP contribution in [0.5, 0.6) is 5.75 Å². The summed E-state index contributed by atoms with van der Waals surface area (Å²) in [7, 11) is 1.59. The first-order valence-corrected chi connectivity index (χ1v) is 11.7. The summed E-state index contributed by atoms with van der Waals surface area (Å²) < 4.78 is 19.5. The molecule has 1 aliphatic carbocycles. The summed E-state index contributed by atoms with van der Waals surface area (Å²) in [5, 5.41) is 10.4. The van der Waals surface area contributed by atoms with Gasteiger partial charge in [-0.05, 0) is 59.7 Å². The van der Waals surface area contributed by atoms with Crippen molar-refractivity contribution in [1.29, 1.82) is 0 Å². The van der Waals surface area contributed by atoms with E-state index in [9.17, 15) is 14.3 Å². The van der Waals surface area contributed by atoms with Gasteiger partial charge in [-0.3, -0.25) is 9.69 Å². The molecule has 2 N–H and O–H groups in total. The van der Waals surface area contributed by atoms with Crippen LogP contribution in [0.1, 0.15) is 12.1 Å². The number of fused-ring (bicyclic) bond motifs is 2. The van der Waals surface area contributed by atoms with Crippen molar-refractivity contribution in [2.45, 2.75) is 12.5 Å². The van der Waals surface area contributed by atoms with Gasteiger partial charge in [0.25, 0.3) is 0 Å². The first kappa shape index (κ1) is 21.3. The lowest BCUT2D eigenvalue weighted by Gasteiger charge is -2.36. The molecule has 2 saturated heterocycles. The molecule has 1 amide bonds. The Kier molecular flexibility index (Phi) is 5.15. The third-order valence-electron chi connectivity index (χ3n) is 7.37. The maximum Gasteiger partial charge on any atom is 0.236 e. The number of aliphatic hydroxyl groups is 1. The van der Waals surface area contributed by atoms with Crippen LogP contribution in [-0.2, 0) is 4.79 Å². The van der Waals surface area contributed by atoms with Crippen molar-refractivity contribution in [3.8, 4) is 16.9 Å². The lowest BCUT2D eigenvalue weighted by atomic mass is 9.99. The van der Waals surface area contributed by atoms with Crippen LogP contribution in [0.25, 0.3) is 27.7 Å². The van der Waals surface area contributed by atoms with E-state index in [1.165, 1.54) is 17.7 Å². The predicted octanol–water partition coefficient (Wildman–Crippen LogP) is 2.92. The molecular weight excluding hydrogens is 435 g/mol. The van der Waals surface area contributed by atoms with Crippen LogP contribution in [0, 0.1) is 17.7 Å². The topological polar surface area (TPSA) is 81.7 Å². The smallest absolute Gasteiger partial charge is 0.236 e. The summed E-state index contributed by atoms with van der Waals surface area (Å²) in [5.74, 6) is 1.33. The maximum atomic E-state index is 14.0. The Bertz CT molecular complexity index is 1300. The summed E-state index contributed by atoms with van der Waals surface area (Å²) in [6.07, 6.45) is 4.64. The summed E-state index contributed by atoms with van der Waals surface area (Å²) in [4.78, 5) is 24.3. The molecule has 176 valence electrons. The molecule has 2 unspecified atom stereocenters. The van der Waals surface area contributed by atoms with Crippen molar-refractivity contribution in [1.82, 2.24) is 19.8 Å². The highest BCUT2D eigenvalue weighted by Crippen LogP contribution is 2.42. The summed E-state index contributed by atoms with van der Waals surface area (Å²) >= 11 is 0. The normalized spacial score (nSPS) is 22.7. The van der Waals surface area contributed by atoms with Gasteiger partial charge in [0.05, 0.1) is 19.8 Å². The highest BCUT2D eigenvalue weighted by molar-refractivity contribution is 5.96. The van der Waals surface area contributed by atoms with Gasteiger partial charge in [0, 0.05) is 49.0 Å². The third kappa shape index (κ3) is 3.67. The van der Waals surface area contributed by atoms with Gasteiger partial charge in [-0.1, -0.05) is 6.08 Å². The fourth-order valence-corrected chi connectivity index (χ4v) is 5.61. The van der Waals surface area contributed by atoms with E-state index in [-0.39, 0.29) is 17.8 Å². The Hall–Kier alpha value is -3.23. The number of aromatic amines is 1. The van der Waals surface area contributed by atoms with E-state index < -0.39 is 0 Å². The van der Waals surface area contributed by atoms with E-state index >= 15 is 0 Å². The summed E-state index contributed by atoms with van der Waals surface area (Å²) in [6, 6.07) is 8.53. The van der Waals surface area contributed by atoms with Gasteiger partial charge in [0.2, 0.25) is 5.91 Å². The first-order valence-electron chi connectivity index (χ1n) is 11.7. The molecule has 34 heavy (non-hydrogen) atoms. The molecule has 0 bridgehead atoms. The van der Waals surface area contributed by atoms with Crippen LogP contribution in [0.2, 0.25) is 0 Å². The van der Waals surface area contributed by atoms with Crippen molar-refractivity contribution < 1.29 is 19.0 Å². The number of nitrogens with zero attached hydrogens (tertiary/aromatic N) is 3. The number of nitrogens with one attached hydrogen (secondary N) is 1. The van der Waals surface area contributed by atoms with Crippen molar-refractivity contribution >= 4 is 22.5 Å². The van der Waals surface area contributed by atoms with Gasteiger partial charge >= 0.3 is 0 Å². The minimum absolute atomic E-state index is 0.108. The molecule has 3 aliphatic rings. The van der Waals surface area contributed by atoms with Crippen LogP contribution in [0.3, 0.4) is 0 Å². The molecular formula is C26H27FN4O3. The molecule has 3 aromatic rings. The number of benzene rings is 1. The van der Waals surface area contributed by atoms with E-state index in [0.29, 0.717) is 42.8 Å². The molecule has 2 fully saturated rings. The lowest BCUT2D eigenvalue weighted by molar-refractivity contribution is -0.142. The van der Waals surface area contributed by atoms with Crippen LogP contribution >= 0.6 is 0 Å². The molecule has 1 aromatic carbocycles. The average Bonchev–Trinajstić information content (AvgIpc) is 3.49. The Morgan fingerprint density at radius 3 is 2.82 bits per heavy atom. The fourth-order valence-electron chi connectivity index (χ4n) is 5.61. The molecule has 7 nitrogen and oxygen atoms in total. The van der Waals surface area contributed by atoms with Gasteiger partial charge in [-0.25, -0.2) is 9.37 Å². The number of rotatable bonds is 5. The van der Waals surface area contributed by atoms with Gasteiger partial charge < -0.3 is 19.7 Å². The SMILES string of the molecule is COc1ccc(F)cc1-c1ccnc2[nH]c(C3=CC4CN(CC(=O)N5CC(O)C5)CC4C3)cc12. The number of hydrogen-bond donors (Lipinski definition) is 2. The minimum Gasteiger partial charge on any atom is -0.496 e. The molecule has 4 heterocycles. The molecule has 0 radical (unpaired) electrons. The minimum atomic E-state index is -0.360. The number of aromatic nitrogens is 2. The number of halogens is 1. The highest BCUT2D eigenvalue weighted by atomic mass is 19.1. The van der Waals surface area contributed by atoms with Crippen LogP contribution in [0.15, 0.2) is 42.6 Å². The molecule has 6 rings (SSSR count). The van der Waals surface area contributed by atoms with Gasteiger partial charge in [0.15, 0.2) is 0 Å². The average molecular weight is 463 g/mol. The molecule has 0 spiro atoms. The Labute approximate surface area is 196 Å². The molecule has 0 saturated carbocycles. The van der Waals surface area contributed by atoms with Crippen molar-refractivity contribution in [2.24, 2.45) is 11.8 Å². The Morgan fingerprint density at radius 2 is 2.06 bits per heavy atom. The predicted molar refractivity (Wildman–Crippen MR) is 127 cm³/mol. The zero-order chi connectivity index (χ0) is 23.4. The number of H-pyrrole nitrogens is 1. The number of aliphatic hydroxyl groups excluding tert-OH is 1.